The van der Waals surface area contributed by atoms with Crippen LogP contribution in [0.3, 0.4) is 0 Å². The molecule has 6 nitrogen and oxygen atoms in total. The van der Waals surface area contributed by atoms with Gasteiger partial charge in [-0.05, 0) is 37.1 Å². The van der Waals surface area contributed by atoms with E-state index in [1.165, 1.54) is 0 Å². The number of nitrogens with zero attached hydrogens (tertiary/aromatic N) is 1. The van der Waals surface area contributed by atoms with Crippen molar-refractivity contribution < 1.29 is 14.3 Å². The van der Waals surface area contributed by atoms with Gasteiger partial charge in [-0.1, -0.05) is 42.5 Å². The maximum atomic E-state index is 11.7. The molecule has 2 aromatic carbocycles. The molecule has 130 valence electrons. The molecular weight excluding hydrogens is 318 g/mol. The molecule has 2 aromatic rings. The number of nitrogens with one attached hydrogen (secondary N) is 2. The number of hydrogen-bond acceptors (Lipinski definition) is 4. The largest absolute Gasteiger partial charge is 0.484 e. The molecule has 0 fully saturated rings. The number of carbonyl (C=O) groups is 2. The van der Waals surface area contributed by atoms with Crippen molar-refractivity contribution >= 4 is 17.5 Å². The van der Waals surface area contributed by atoms with Gasteiger partial charge in [0.15, 0.2) is 6.61 Å². The summed E-state index contributed by atoms with van der Waals surface area (Å²) in [6, 6.07) is 16.9. The van der Waals surface area contributed by atoms with Crippen molar-refractivity contribution in [3.05, 3.63) is 65.7 Å². The van der Waals surface area contributed by atoms with Gasteiger partial charge in [-0.2, -0.15) is 5.10 Å². The van der Waals surface area contributed by atoms with Crippen molar-refractivity contribution in [2.75, 3.05) is 13.2 Å². The number of hydrogen-bond donors (Lipinski definition) is 2. The number of hydrazone groups is 1. The van der Waals surface area contributed by atoms with E-state index in [1.807, 2.05) is 55.5 Å². The van der Waals surface area contributed by atoms with Crippen LogP contribution in [0, 0.1) is 6.92 Å². The summed E-state index contributed by atoms with van der Waals surface area (Å²) < 4.78 is 5.37. The Bertz CT molecular complexity index is 758. The van der Waals surface area contributed by atoms with Gasteiger partial charge < -0.3 is 10.1 Å². The first-order valence-corrected chi connectivity index (χ1v) is 7.89. The zero-order valence-corrected chi connectivity index (χ0v) is 14.3. The molecule has 25 heavy (non-hydrogen) atoms. The van der Waals surface area contributed by atoms with Gasteiger partial charge in [-0.3, -0.25) is 9.59 Å². The van der Waals surface area contributed by atoms with Crippen LogP contribution in [-0.4, -0.2) is 30.7 Å². The number of ether oxygens (including phenoxy) is 1. The summed E-state index contributed by atoms with van der Waals surface area (Å²) in [6.45, 7) is 3.42. The highest BCUT2D eigenvalue weighted by atomic mass is 16.5. The molecule has 0 aliphatic heterocycles. The first kappa shape index (κ1) is 18.2. The average Bonchev–Trinajstić information content (AvgIpc) is 2.63. The third-order valence-electron chi connectivity index (χ3n) is 3.35. The second-order valence-electron chi connectivity index (χ2n) is 5.48. The predicted molar refractivity (Wildman–Crippen MR) is 96.5 cm³/mol. The molecule has 6 heteroatoms. The van der Waals surface area contributed by atoms with E-state index in [0.717, 1.165) is 11.1 Å². The molecule has 2 amide bonds. The van der Waals surface area contributed by atoms with E-state index in [9.17, 15) is 9.59 Å². The second-order valence-corrected chi connectivity index (χ2v) is 5.48. The van der Waals surface area contributed by atoms with Crippen LogP contribution in [0.15, 0.2) is 59.7 Å². The molecule has 0 aromatic heterocycles. The molecule has 0 atom stereocenters. The monoisotopic (exact) mass is 339 g/mol. The Kier molecular flexibility index (Phi) is 6.71. The second kappa shape index (κ2) is 9.22. The minimum absolute atomic E-state index is 0.150. The zero-order chi connectivity index (χ0) is 18.1. The Hall–Kier alpha value is -3.15. The Morgan fingerprint density at radius 3 is 2.52 bits per heavy atom. The van der Waals surface area contributed by atoms with Crippen LogP contribution in [0.2, 0.25) is 0 Å². The molecule has 0 bridgehead atoms. The Morgan fingerprint density at radius 1 is 1.04 bits per heavy atom. The first-order valence-electron chi connectivity index (χ1n) is 7.89. The van der Waals surface area contributed by atoms with Crippen molar-refractivity contribution in [3.63, 3.8) is 0 Å². The summed E-state index contributed by atoms with van der Waals surface area (Å²) in [6.07, 6.45) is 0. The summed E-state index contributed by atoms with van der Waals surface area (Å²) in [5.41, 5.74) is 5.05. The van der Waals surface area contributed by atoms with Crippen LogP contribution in [0.25, 0.3) is 0 Å². The molecule has 0 unspecified atom stereocenters. The van der Waals surface area contributed by atoms with E-state index in [1.54, 1.807) is 13.0 Å². The lowest BCUT2D eigenvalue weighted by Crippen LogP contribution is -2.37. The van der Waals surface area contributed by atoms with Crippen LogP contribution < -0.4 is 15.5 Å². The Labute approximate surface area is 146 Å². The van der Waals surface area contributed by atoms with Gasteiger partial charge in [0.05, 0.1) is 12.3 Å². The fraction of sp³-hybridized carbons (Fsp3) is 0.211. The fourth-order valence-corrected chi connectivity index (χ4v) is 2.01. The maximum Gasteiger partial charge on any atom is 0.259 e. The third-order valence-corrected chi connectivity index (χ3v) is 3.35. The molecule has 0 saturated heterocycles. The number of rotatable bonds is 7. The van der Waals surface area contributed by atoms with E-state index >= 15 is 0 Å². The van der Waals surface area contributed by atoms with E-state index in [-0.39, 0.29) is 19.1 Å². The van der Waals surface area contributed by atoms with Crippen molar-refractivity contribution in [2.45, 2.75) is 13.8 Å². The van der Waals surface area contributed by atoms with Crippen molar-refractivity contribution in [3.8, 4) is 5.75 Å². The average molecular weight is 339 g/mol. The molecule has 2 N–H and O–H groups in total. The van der Waals surface area contributed by atoms with Gasteiger partial charge in [-0.25, -0.2) is 5.43 Å². The van der Waals surface area contributed by atoms with E-state index in [2.05, 4.69) is 15.8 Å². The zero-order valence-electron chi connectivity index (χ0n) is 14.3. The molecule has 0 aliphatic carbocycles. The smallest absolute Gasteiger partial charge is 0.259 e. The first-order chi connectivity index (χ1) is 12.0. The van der Waals surface area contributed by atoms with Crippen LogP contribution in [-0.2, 0) is 9.59 Å². The van der Waals surface area contributed by atoms with Gasteiger partial charge >= 0.3 is 0 Å². The molecular formula is C19H21N3O3. The standard InChI is InChI=1S/C19H21N3O3/c1-14-7-6-10-17(11-14)25-13-19(24)20-12-18(23)22-21-15(2)16-8-4-3-5-9-16/h3-11H,12-13H2,1-2H3,(H,20,24)(H,22,23). The normalized spacial score (nSPS) is 10.9. The number of benzene rings is 2. The van der Waals surface area contributed by atoms with Crippen LogP contribution in [0.5, 0.6) is 5.75 Å². The Balaban J connectivity index is 1.71. The van der Waals surface area contributed by atoms with Crippen molar-refractivity contribution in [1.82, 2.24) is 10.7 Å². The summed E-state index contributed by atoms with van der Waals surface area (Å²) in [7, 11) is 0. The van der Waals surface area contributed by atoms with Crippen LogP contribution in [0.4, 0.5) is 0 Å². The predicted octanol–water partition coefficient (Wildman–Crippen LogP) is 2.03. The van der Waals surface area contributed by atoms with Crippen LogP contribution in [0.1, 0.15) is 18.1 Å². The van der Waals surface area contributed by atoms with Crippen molar-refractivity contribution in [1.29, 1.82) is 0 Å². The molecule has 0 spiro atoms. The highest BCUT2D eigenvalue weighted by molar-refractivity contribution is 5.99. The molecule has 0 radical (unpaired) electrons. The third kappa shape index (κ3) is 6.47. The van der Waals surface area contributed by atoms with E-state index in [0.29, 0.717) is 11.5 Å². The van der Waals surface area contributed by atoms with Gasteiger partial charge in [0.25, 0.3) is 11.8 Å². The highest BCUT2D eigenvalue weighted by Crippen LogP contribution is 2.11. The van der Waals surface area contributed by atoms with Gasteiger partial charge in [0, 0.05) is 0 Å². The van der Waals surface area contributed by atoms with Crippen molar-refractivity contribution in [2.24, 2.45) is 5.10 Å². The quantitative estimate of drug-likeness (QED) is 0.598. The lowest BCUT2D eigenvalue weighted by atomic mass is 10.1. The molecule has 0 aliphatic rings. The number of amides is 2. The molecule has 2 rings (SSSR count). The van der Waals surface area contributed by atoms with Gasteiger partial charge in [-0.15, -0.1) is 0 Å². The Morgan fingerprint density at radius 2 is 1.80 bits per heavy atom. The fourth-order valence-electron chi connectivity index (χ4n) is 2.01. The van der Waals surface area contributed by atoms with Crippen LogP contribution >= 0.6 is 0 Å². The minimum Gasteiger partial charge on any atom is -0.484 e. The van der Waals surface area contributed by atoms with Gasteiger partial charge in [0.2, 0.25) is 0 Å². The summed E-state index contributed by atoms with van der Waals surface area (Å²) in [5, 5.41) is 6.50. The maximum absolute atomic E-state index is 11.7. The van der Waals surface area contributed by atoms with E-state index in [4.69, 9.17) is 4.74 Å². The topological polar surface area (TPSA) is 79.8 Å². The van der Waals surface area contributed by atoms with Gasteiger partial charge in [0.1, 0.15) is 5.75 Å². The summed E-state index contributed by atoms with van der Waals surface area (Å²) >= 11 is 0. The van der Waals surface area contributed by atoms with E-state index < -0.39 is 5.91 Å². The number of aryl methyl sites for hydroxylation is 1. The summed E-state index contributed by atoms with van der Waals surface area (Å²) in [5.74, 6) is -0.165. The SMILES string of the molecule is CC(=NNC(=O)CNC(=O)COc1cccc(C)c1)c1ccccc1. The molecule has 0 heterocycles. The lowest BCUT2D eigenvalue weighted by molar-refractivity contribution is -0.127. The lowest BCUT2D eigenvalue weighted by Gasteiger charge is -2.07. The minimum atomic E-state index is -0.404. The number of carbonyl (C=O) groups excluding carboxylic acids is 2. The summed E-state index contributed by atoms with van der Waals surface area (Å²) in [4.78, 5) is 23.4. The molecule has 0 saturated carbocycles. The highest BCUT2D eigenvalue weighted by Gasteiger charge is 2.06.